The molecular formula is C15H23F3N4S. The minimum atomic E-state index is -4.06. The predicted octanol–water partition coefficient (Wildman–Crippen LogP) is 3.55. The Morgan fingerprint density at radius 3 is 2.39 bits per heavy atom. The van der Waals surface area contributed by atoms with E-state index in [-0.39, 0.29) is 18.9 Å². The summed E-state index contributed by atoms with van der Waals surface area (Å²) in [4.78, 5) is 9.68. The summed E-state index contributed by atoms with van der Waals surface area (Å²) in [6.07, 6.45) is -2.66. The maximum Gasteiger partial charge on any atom is 0.391 e. The van der Waals surface area contributed by atoms with Gasteiger partial charge in [-0.15, -0.1) is 11.3 Å². The molecule has 0 atom stereocenters. The Hall–Kier alpha value is -1.31. The van der Waals surface area contributed by atoms with Gasteiger partial charge in [0.15, 0.2) is 5.96 Å². The molecule has 2 rings (SSSR count). The van der Waals surface area contributed by atoms with Gasteiger partial charge >= 0.3 is 6.18 Å². The molecule has 1 aliphatic rings. The fourth-order valence-electron chi connectivity index (χ4n) is 2.85. The molecule has 1 heterocycles. The minimum Gasteiger partial charge on any atom is -0.354 e. The Labute approximate surface area is 138 Å². The molecule has 0 spiro atoms. The second kappa shape index (κ2) is 7.51. The van der Waals surface area contributed by atoms with Crippen molar-refractivity contribution in [1.82, 2.24) is 15.6 Å². The monoisotopic (exact) mass is 348 g/mol. The van der Waals surface area contributed by atoms with Gasteiger partial charge < -0.3 is 10.6 Å². The first-order chi connectivity index (χ1) is 10.8. The van der Waals surface area contributed by atoms with Crippen LogP contribution in [-0.2, 0) is 6.54 Å². The number of thiazole rings is 1. The molecule has 1 aliphatic carbocycles. The first-order valence-corrected chi connectivity index (χ1v) is 8.58. The van der Waals surface area contributed by atoms with Gasteiger partial charge in [0, 0.05) is 18.0 Å². The standard InChI is InChI=1S/C15H23F3N4S/c1-9-13(23-10(2)21-9)8-20-14(19-3)22-12-6-4-11(5-7-12)15(16,17)18/h11-12H,4-8H2,1-3H3,(H2,19,20,22). The SMILES string of the molecule is CN=C(NCc1sc(C)nc1C)NC1CCC(C(F)(F)F)CC1. The van der Waals surface area contributed by atoms with Crippen molar-refractivity contribution in [3.63, 3.8) is 0 Å². The first-order valence-electron chi connectivity index (χ1n) is 7.76. The fraction of sp³-hybridized carbons (Fsp3) is 0.733. The number of aryl methyl sites for hydroxylation is 2. The van der Waals surface area contributed by atoms with E-state index in [9.17, 15) is 13.2 Å². The molecule has 1 aromatic heterocycles. The van der Waals surface area contributed by atoms with Crippen LogP contribution >= 0.6 is 11.3 Å². The number of alkyl halides is 3. The van der Waals surface area contributed by atoms with E-state index >= 15 is 0 Å². The van der Waals surface area contributed by atoms with Gasteiger partial charge in [-0.2, -0.15) is 13.2 Å². The maximum atomic E-state index is 12.7. The van der Waals surface area contributed by atoms with Crippen LogP contribution < -0.4 is 10.6 Å². The van der Waals surface area contributed by atoms with E-state index in [0.29, 0.717) is 25.3 Å². The third kappa shape index (κ3) is 5.09. The van der Waals surface area contributed by atoms with Crippen LogP contribution in [0.25, 0.3) is 0 Å². The molecule has 0 unspecified atom stereocenters. The molecule has 23 heavy (non-hydrogen) atoms. The molecule has 1 fully saturated rings. The zero-order valence-corrected chi connectivity index (χ0v) is 14.4. The van der Waals surface area contributed by atoms with Crippen LogP contribution in [0.15, 0.2) is 4.99 Å². The smallest absolute Gasteiger partial charge is 0.354 e. The summed E-state index contributed by atoms with van der Waals surface area (Å²) in [5.41, 5.74) is 1.00. The Kier molecular flexibility index (Phi) is 5.89. The Balaban J connectivity index is 1.81. The molecule has 1 saturated carbocycles. The number of guanidine groups is 1. The van der Waals surface area contributed by atoms with Gasteiger partial charge in [-0.25, -0.2) is 4.98 Å². The number of aliphatic imine (C=N–C) groups is 1. The zero-order valence-electron chi connectivity index (χ0n) is 13.6. The Bertz CT molecular complexity index is 545. The molecule has 2 N–H and O–H groups in total. The van der Waals surface area contributed by atoms with E-state index in [0.717, 1.165) is 15.6 Å². The summed E-state index contributed by atoms with van der Waals surface area (Å²) in [5.74, 6) is -0.524. The van der Waals surface area contributed by atoms with Crippen molar-refractivity contribution in [1.29, 1.82) is 0 Å². The number of rotatable bonds is 3. The largest absolute Gasteiger partial charge is 0.391 e. The van der Waals surface area contributed by atoms with E-state index < -0.39 is 12.1 Å². The molecule has 0 aliphatic heterocycles. The van der Waals surface area contributed by atoms with Crippen LogP contribution in [0.3, 0.4) is 0 Å². The lowest BCUT2D eigenvalue weighted by molar-refractivity contribution is -0.182. The van der Waals surface area contributed by atoms with Gasteiger partial charge in [0.2, 0.25) is 0 Å². The van der Waals surface area contributed by atoms with Crippen LogP contribution in [-0.4, -0.2) is 30.2 Å². The second-order valence-corrected chi connectivity index (χ2v) is 7.19. The van der Waals surface area contributed by atoms with E-state index in [1.807, 2.05) is 13.8 Å². The van der Waals surface area contributed by atoms with E-state index in [4.69, 9.17) is 0 Å². The molecule has 0 aromatic carbocycles. The molecule has 0 bridgehead atoms. The fourth-order valence-corrected chi connectivity index (χ4v) is 3.73. The summed E-state index contributed by atoms with van der Waals surface area (Å²) in [5, 5.41) is 7.47. The van der Waals surface area contributed by atoms with Crippen molar-refractivity contribution in [2.45, 2.75) is 58.3 Å². The summed E-state index contributed by atoms with van der Waals surface area (Å²) in [6, 6.07) is 0.0455. The van der Waals surface area contributed by atoms with Gasteiger partial charge in [-0.3, -0.25) is 4.99 Å². The third-order valence-corrected chi connectivity index (χ3v) is 5.24. The van der Waals surface area contributed by atoms with Crippen molar-refractivity contribution in [2.75, 3.05) is 7.05 Å². The van der Waals surface area contributed by atoms with Crippen LogP contribution in [0.2, 0.25) is 0 Å². The number of hydrogen-bond acceptors (Lipinski definition) is 3. The molecule has 0 radical (unpaired) electrons. The number of halogens is 3. The Morgan fingerprint density at radius 2 is 1.91 bits per heavy atom. The molecule has 1 aromatic rings. The zero-order chi connectivity index (χ0) is 17.0. The van der Waals surface area contributed by atoms with Gasteiger partial charge in [0.1, 0.15) is 0 Å². The minimum absolute atomic E-state index is 0.0455. The molecule has 0 amide bonds. The average molecular weight is 348 g/mol. The molecular weight excluding hydrogens is 325 g/mol. The Morgan fingerprint density at radius 1 is 1.26 bits per heavy atom. The number of hydrogen-bond donors (Lipinski definition) is 2. The van der Waals surface area contributed by atoms with E-state index in [1.54, 1.807) is 18.4 Å². The lowest BCUT2D eigenvalue weighted by atomic mass is 9.85. The van der Waals surface area contributed by atoms with Gasteiger partial charge in [0.05, 0.1) is 23.2 Å². The molecule has 8 heteroatoms. The highest BCUT2D eigenvalue weighted by molar-refractivity contribution is 7.11. The highest BCUT2D eigenvalue weighted by Gasteiger charge is 2.41. The quantitative estimate of drug-likeness (QED) is 0.649. The van der Waals surface area contributed by atoms with Crippen molar-refractivity contribution in [2.24, 2.45) is 10.9 Å². The number of nitrogens with one attached hydrogen (secondary N) is 2. The van der Waals surface area contributed by atoms with Crippen LogP contribution in [0.4, 0.5) is 13.2 Å². The lowest BCUT2D eigenvalue weighted by Gasteiger charge is -2.31. The highest BCUT2D eigenvalue weighted by atomic mass is 32.1. The van der Waals surface area contributed by atoms with Crippen LogP contribution in [0.1, 0.15) is 41.3 Å². The van der Waals surface area contributed by atoms with Crippen LogP contribution in [0.5, 0.6) is 0 Å². The summed E-state index contributed by atoms with van der Waals surface area (Å²) < 4.78 is 38.1. The summed E-state index contributed by atoms with van der Waals surface area (Å²) in [6.45, 7) is 4.55. The van der Waals surface area contributed by atoms with Gasteiger partial charge in [-0.1, -0.05) is 0 Å². The normalized spacial score (nSPS) is 23.0. The maximum absolute atomic E-state index is 12.7. The van der Waals surface area contributed by atoms with E-state index in [2.05, 4.69) is 20.6 Å². The number of aromatic nitrogens is 1. The van der Waals surface area contributed by atoms with Gasteiger partial charge in [-0.05, 0) is 39.5 Å². The summed E-state index contributed by atoms with van der Waals surface area (Å²) >= 11 is 1.63. The number of nitrogens with zero attached hydrogens (tertiary/aromatic N) is 2. The molecule has 0 saturated heterocycles. The van der Waals surface area contributed by atoms with Crippen LogP contribution in [0, 0.1) is 19.8 Å². The van der Waals surface area contributed by atoms with Gasteiger partial charge in [0.25, 0.3) is 0 Å². The first kappa shape index (κ1) is 18.0. The molecule has 130 valence electrons. The average Bonchev–Trinajstić information content (AvgIpc) is 2.81. The van der Waals surface area contributed by atoms with Crippen molar-refractivity contribution in [3.8, 4) is 0 Å². The van der Waals surface area contributed by atoms with Crippen molar-refractivity contribution in [3.05, 3.63) is 15.6 Å². The topological polar surface area (TPSA) is 49.3 Å². The third-order valence-electron chi connectivity index (χ3n) is 4.17. The summed E-state index contributed by atoms with van der Waals surface area (Å²) in [7, 11) is 1.67. The highest BCUT2D eigenvalue weighted by Crippen LogP contribution is 2.37. The second-order valence-electron chi connectivity index (χ2n) is 5.90. The molecule has 4 nitrogen and oxygen atoms in total. The van der Waals surface area contributed by atoms with Crippen molar-refractivity contribution >= 4 is 17.3 Å². The predicted molar refractivity (Wildman–Crippen MR) is 86.7 cm³/mol. The lowest BCUT2D eigenvalue weighted by Crippen LogP contribution is -2.45. The van der Waals surface area contributed by atoms with E-state index in [1.165, 1.54) is 0 Å². The van der Waals surface area contributed by atoms with Crippen molar-refractivity contribution < 1.29 is 13.2 Å².